The fraction of sp³-hybridized carbons (Fsp3) is 0.111. The van der Waals surface area contributed by atoms with Crippen LogP contribution < -0.4 is 0 Å². The van der Waals surface area contributed by atoms with Gasteiger partial charge in [0.1, 0.15) is 6.10 Å². The molecular weight excluding hydrogens is 339 g/mol. The highest BCUT2D eigenvalue weighted by Crippen LogP contribution is 2.34. The lowest BCUT2D eigenvalue weighted by atomic mass is 9.95. The van der Waals surface area contributed by atoms with Crippen LogP contribution in [0.2, 0.25) is 15.1 Å². The lowest BCUT2D eigenvalue weighted by Gasteiger charge is -2.15. The van der Waals surface area contributed by atoms with Crippen LogP contribution >= 0.6 is 34.8 Å². The predicted octanol–water partition coefficient (Wildman–Crippen LogP) is 6.19. The first kappa shape index (κ1) is 15.6. The molecule has 0 saturated carbocycles. The van der Waals surface area contributed by atoms with E-state index in [2.05, 4.69) is 0 Å². The highest BCUT2D eigenvalue weighted by atomic mass is 35.5. The molecule has 0 aliphatic heterocycles. The summed E-state index contributed by atoms with van der Waals surface area (Å²) >= 11 is 18.2. The van der Waals surface area contributed by atoms with Crippen molar-refractivity contribution in [3.05, 3.63) is 80.3 Å². The summed E-state index contributed by atoms with van der Waals surface area (Å²) < 4.78 is 0. The minimum absolute atomic E-state index is 0.579. The topological polar surface area (TPSA) is 20.2 Å². The molecule has 0 unspecified atom stereocenters. The maximum absolute atomic E-state index is 10.6. The fourth-order valence-corrected chi connectivity index (χ4v) is 3.26. The maximum Gasteiger partial charge on any atom is 0.104 e. The molecule has 0 heterocycles. The molecule has 0 fully saturated rings. The van der Waals surface area contributed by atoms with Crippen LogP contribution in [0.3, 0.4) is 0 Å². The third-order valence-corrected chi connectivity index (χ3v) is 4.50. The Kier molecular flexibility index (Phi) is 4.33. The Morgan fingerprint density at radius 2 is 1.45 bits per heavy atom. The fourth-order valence-electron chi connectivity index (χ4n) is 2.59. The average Bonchev–Trinajstić information content (AvgIpc) is 2.48. The standard InChI is InChI=1S/C18H13Cl3O/c1-10-6-12(18(22)11-2-4-13(19)5-3-11)7-16-15(10)8-14(20)9-17(16)21/h2-9,18,22H,1H3/t18-/m0/s1. The van der Waals surface area contributed by atoms with Gasteiger partial charge in [0, 0.05) is 20.5 Å². The Labute approximate surface area is 144 Å². The van der Waals surface area contributed by atoms with Crippen LogP contribution in [0.4, 0.5) is 0 Å². The molecule has 4 heteroatoms. The summed E-state index contributed by atoms with van der Waals surface area (Å²) in [5, 5.41) is 14.3. The van der Waals surface area contributed by atoms with Gasteiger partial charge in [-0.15, -0.1) is 0 Å². The lowest BCUT2D eigenvalue weighted by molar-refractivity contribution is 0.220. The second kappa shape index (κ2) is 6.10. The van der Waals surface area contributed by atoms with Gasteiger partial charge in [-0.05, 0) is 59.3 Å². The van der Waals surface area contributed by atoms with E-state index >= 15 is 0 Å². The molecule has 3 rings (SSSR count). The average molecular weight is 352 g/mol. The van der Waals surface area contributed by atoms with Crippen molar-refractivity contribution in [2.45, 2.75) is 13.0 Å². The molecule has 1 atom stereocenters. The first-order chi connectivity index (χ1) is 10.5. The molecule has 3 aromatic carbocycles. The van der Waals surface area contributed by atoms with Gasteiger partial charge < -0.3 is 5.11 Å². The van der Waals surface area contributed by atoms with Crippen molar-refractivity contribution in [1.82, 2.24) is 0 Å². The van der Waals surface area contributed by atoms with Crippen LogP contribution in [0, 0.1) is 6.92 Å². The van der Waals surface area contributed by atoms with E-state index in [4.69, 9.17) is 34.8 Å². The van der Waals surface area contributed by atoms with E-state index in [1.165, 1.54) is 0 Å². The third-order valence-electron chi connectivity index (χ3n) is 3.71. The number of rotatable bonds is 2. The van der Waals surface area contributed by atoms with Crippen LogP contribution in [0.1, 0.15) is 22.8 Å². The van der Waals surface area contributed by atoms with E-state index in [0.29, 0.717) is 15.1 Å². The van der Waals surface area contributed by atoms with E-state index in [0.717, 1.165) is 27.5 Å². The van der Waals surface area contributed by atoms with Crippen LogP contribution in [-0.4, -0.2) is 5.11 Å². The van der Waals surface area contributed by atoms with Crippen molar-refractivity contribution in [1.29, 1.82) is 0 Å². The number of halogens is 3. The number of hydrogen-bond donors (Lipinski definition) is 1. The summed E-state index contributed by atoms with van der Waals surface area (Å²) in [6, 6.07) is 14.6. The smallest absolute Gasteiger partial charge is 0.104 e. The molecule has 0 aromatic heterocycles. The van der Waals surface area contributed by atoms with Gasteiger partial charge in [0.05, 0.1) is 0 Å². The molecule has 22 heavy (non-hydrogen) atoms. The van der Waals surface area contributed by atoms with E-state index in [-0.39, 0.29) is 0 Å². The first-order valence-electron chi connectivity index (χ1n) is 6.78. The largest absolute Gasteiger partial charge is 0.384 e. The quantitative estimate of drug-likeness (QED) is 0.583. The van der Waals surface area contributed by atoms with Crippen LogP contribution in [0.15, 0.2) is 48.5 Å². The Balaban J connectivity index is 2.13. The van der Waals surface area contributed by atoms with E-state index < -0.39 is 6.10 Å². The summed E-state index contributed by atoms with van der Waals surface area (Å²) in [6.07, 6.45) is -0.730. The van der Waals surface area contributed by atoms with Crippen molar-refractivity contribution >= 4 is 45.6 Å². The Hall–Kier alpha value is -1.25. The van der Waals surface area contributed by atoms with Crippen LogP contribution in [-0.2, 0) is 0 Å². The molecular formula is C18H13Cl3O. The highest BCUT2D eigenvalue weighted by molar-refractivity contribution is 6.38. The lowest BCUT2D eigenvalue weighted by Crippen LogP contribution is -2.00. The molecule has 0 saturated heterocycles. The number of aryl methyl sites for hydroxylation is 1. The Morgan fingerprint density at radius 3 is 2.14 bits per heavy atom. The molecule has 0 spiro atoms. The van der Waals surface area contributed by atoms with Gasteiger partial charge in [-0.1, -0.05) is 53.0 Å². The second-order valence-corrected chi connectivity index (χ2v) is 6.55. The Bertz CT molecular complexity index is 841. The number of aliphatic hydroxyl groups excluding tert-OH is 1. The van der Waals surface area contributed by atoms with Gasteiger partial charge in [0.25, 0.3) is 0 Å². The zero-order chi connectivity index (χ0) is 15.9. The summed E-state index contributed by atoms with van der Waals surface area (Å²) in [6.45, 7) is 1.98. The van der Waals surface area contributed by atoms with Gasteiger partial charge >= 0.3 is 0 Å². The zero-order valence-electron chi connectivity index (χ0n) is 11.8. The molecule has 0 aliphatic carbocycles. The monoisotopic (exact) mass is 350 g/mol. The highest BCUT2D eigenvalue weighted by Gasteiger charge is 2.14. The van der Waals surface area contributed by atoms with E-state index in [1.54, 1.807) is 18.2 Å². The molecule has 1 nitrogen and oxygen atoms in total. The SMILES string of the molecule is Cc1cc([C@@H](O)c2ccc(Cl)cc2)cc2c(Cl)cc(Cl)cc12. The van der Waals surface area contributed by atoms with Crippen molar-refractivity contribution in [3.8, 4) is 0 Å². The van der Waals surface area contributed by atoms with Crippen molar-refractivity contribution in [2.75, 3.05) is 0 Å². The zero-order valence-corrected chi connectivity index (χ0v) is 14.0. The summed E-state index contributed by atoms with van der Waals surface area (Å²) in [5.74, 6) is 0. The minimum Gasteiger partial charge on any atom is -0.384 e. The van der Waals surface area contributed by atoms with Gasteiger partial charge in [-0.2, -0.15) is 0 Å². The predicted molar refractivity (Wildman–Crippen MR) is 94.2 cm³/mol. The molecule has 3 aromatic rings. The third kappa shape index (κ3) is 2.95. The summed E-state index contributed by atoms with van der Waals surface area (Å²) in [7, 11) is 0. The second-order valence-electron chi connectivity index (χ2n) is 5.27. The van der Waals surface area contributed by atoms with Gasteiger partial charge in [-0.25, -0.2) is 0 Å². The van der Waals surface area contributed by atoms with Gasteiger partial charge in [-0.3, -0.25) is 0 Å². The molecule has 0 radical (unpaired) electrons. The summed E-state index contributed by atoms with van der Waals surface area (Å²) in [5.41, 5.74) is 2.59. The van der Waals surface area contributed by atoms with Crippen molar-refractivity contribution in [2.24, 2.45) is 0 Å². The molecule has 0 aliphatic rings. The van der Waals surface area contributed by atoms with Crippen LogP contribution in [0.25, 0.3) is 10.8 Å². The number of fused-ring (bicyclic) bond motifs is 1. The number of benzene rings is 3. The normalized spacial score (nSPS) is 12.6. The molecule has 112 valence electrons. The van der Waals surface area contributed by atoms with Crippen molar-refractivity contribution < 1.29 is 5.11 Å². The van der Waals surface area contributed by atoms with E-state index in [1.807, 2.05) is 37.3 Å². The first-order valence-corrected chi connectivity index (χ1v) is 7.92. The number of aliphatic hydroxyl groups is 1. The van der Waals surface area contributed by atoms with Crippen LogP contribution in [0.5, 0.6) is 0 Å². The minimum atomic E-state index is -0.730. The maximum atomic E-state index is 10.6. The van der Waals surface area contributed by atoms with Gasteiger partial charge in [0.2, 0.25) is 0 Å². The summed E-state index contributed by atoms with van der Waals surface area (Å²) in [4.78, 5) is 0. The molecule has 0 amide bonds. The molecule has 0 bridgehead atoms. The van der Waals surface area contributed by atoms with Gasteiger partial charge in [0.15, 0.2) is 0 Å². The van der Waals surface area contributed by atoms with E-state index in [9.17, 15) is 5.11 Å². The Morgan fingerprint density at radius 1 is 0.773 bits per heavy atom. The molecule has 1 N–H and O–H groups in total. The number of hydrogen-bond acceptors (Lipinski definition) is 1. The van der Waals surface area contributed by atoms with Crippen molar-refractivity contribution in [3.63, 3.8) is 0 Å².